The van der Waals surface area contributed by atoms with Crippen molar-refractivity contribution in [3.8, 4) is 0 Å². The lowest BCUT2D eigenvalue weighted by Crippen LogP contribution is -2.24. The van der Waals surface area contributed by atoms with E-state index >= 15 is 0 Å². The maximum Gasteiger partial charge on any atom is 0.252 e. The minimum absolute atomic E-state index is 0.0191. The maximum atomic E-state index is 11.7. The molecule has 0 bridgehead atoms. The third-order valence-electron chi connectivity index (χ3n) is 2.89. The number of amides is 1. The average molecular weight is 288 g/mol. The molecule has 0 aromatic carbocycles. The Hall–Kier alpha value is -0.920. The molecular weight excluding hydrogens is 272 g/mol. The normalized spacial score (nSPS) is 15.6. The van der Waals surface area contributed by atoms with Crippen LogP contribution in [0.3, 0.4) is 0 Å². The number of sulfonamides is 1. The van der Waals surface area contributed by atoms with Gasteiger partial charge in [0.25, 0.3) is 5.91 Å². The highest BCUT2D eigenvalue weighted by Crippen LogP contribution is 2.33. The molecule has 1 heterocycles. The summed E-state index contributed by atoms with van der Waals surface area (Å²) in [5.41, 5.74) is 0.357. The summed E-state index contributed by atoms with van der Waals surface area (Å²) in [6, 6.07) is 1.32. The van der Waals surface area contributed by atoms with Crippen LogP contribution in [0.5, 0.6) is 0 Å². The van der Waals surface area contributed by atoms with E-state index in [1.54, 1.807) is 0 Å². The highest BCUT2D eigenvalue weighted by molar-refractivity contribution is 7.91. The molecule has 0 spiro atoms. The van der Waals surface area contributed by atoms with Gasteiger partial charge in [0.2, 0.25) is 10.0 Å². The number of thiophene rings is 1. The zero-order chi connectivity index (χ0) is 13.2. The third kappa shape index (κ3) is 3.79. The maximum absolute atomic E-state index is 11.7. The highest BCUT2D eigenvalue weighted by Gasteiger charge is 2.20. The SMILES string of the molecule is NS(=O)(=O)c1cc(C(=O)NCCCC2CC2)cs1. The van der Waals surface area contributed by atoms with Gasteiger partial charge < -0.3 is 5.32 Å². The number of primary sulfonamides is 1. The molecule has 1 aromatic heterocycles. The third-order valence-corrected chi connectivity index (χ3v) is 5.28. The van der Waals surface area contributed by atoms with Gasteiger partial charge in [-0.05, 0) is 24.8 Å². The van der Waals surface area contributed by atoms with Crippen LogP contribution in [0.1, 0.15) is 36.0 Å². The Morgan fingerprint density at radius 1 is 1.50 bits per heavy atom. The molecule has 1 aromatic rings. The molecule has 5 nitrogen and oxygen atoms in total. The van der Waals surface area contributed by atoms with Crippen molar-refractivity contribution in [2.45, 2.75) is 29.9 Å². The molecule has 100 valence electrons. The Labute approximate surface area is 110 Å². The monoisotopic (exact) mass is 288 g/mol. The molecular formula is C11H16N2O3S2. The van der Waals surface area contributed by atoms with E-state index in [0.29, 0.717) is 12.1 Å². The summed E-state index contributed by atoms with van der Waals surface area (Å²) in [6.07, 6.45) is 4.77. The van der Waals surface area contributed by atoms with Gasteiger partial charge >= 0.3 is 0 Å². The number of carbonyl (C=O) groups excluding carboxylic acids is 1. The van der Waals surface area contributed by atoms with Crippen molar-refractivity contribution >= 4 is 27.3 Å². The van der Waals surface area contributed by atoms with Crippen LogP contribution in [0.2, 0.25) is 0 Å². The first kappa shape index (κ1) is 13.5. The van der Waals surface area contributed by atoms with E-state index in [4.69, 9.17) is 5.14 Å². The van der Waals surface area contributed by atoms with Gasteiger partial charge in [-0.2, -0.15) is 0 Å². The summed E-state index contributed by atoms with van der Waals surface area (Å²) in [5, 5.41) is 9.27. The van der Waals surface area contributed by atoms with E-state index < -0.39 is 10.0 Å². The molecule has 1 saturated carbocycles. The van der Waals surface area contributed by atoms with Gasteiger partial charge in [0.05, 0.1) is 5.56 Å². The first-order valence-electron chi connectivity index (χ1n) is 5.86. The Kier molecular flexibility index (Phi) is 4.04. The Bertz CT molecular complexity index is 532. The van der Waals surface area contributed by atoms with E-state index in [0.717, 1.165) is 30.1 Å². The number of nitrogens with one attached hydrogen (secondary N) is 1. The van der Waals surface area contributed by atoms with Crippen molar-refractivity contribution in [3.05, 3.63) is 17.0 Å². The lowest BCUT2D eigenvalue weighted by atomic mass is 10.2. The topological polar surface area (TPSA) is 89.3 Å². The summed E-state index contributed by atoms with van der Waals surface area (Å²) >= 11 is 0.965. The molecule has 1 aliphatic carbocycles. The lowest BCUT2D eigenvalue weighted by molar-refractivity contribution is 0.0953. The number of carbonyl (C=O) groups is 1. The van der Waals surface area contributed by atoms with Crippen LogP contribution in [0.4, 0.5) is 0 Å². The molecule has 1 amide bonds. The fourth-order valence-electron chi connectivity index (χ4n) is 1.69. The van der Waals surface area contributed by atoms with E-state index in [-0.39, 0.29) is 10.1 Å². The molecule has 2 rings (SSSR count). The summed E-state index contributed by atoms with van der Waals surface area (Å²) in [5.74, 6) is 0.619. The molecule has 0 atom stereocenters. The number of nitrogens with two attached hydrogens (primary N) is 1. The van der Waals surface area contributed by atoms with Crippen molar-refractivity contribution in [2.75, 3.05) is 6.54 Å². The second-order valence-electron chi connectivity index (χ2n) is 4.54. The molecule has 18 heavy (non-hydrogen) atoms. The molecule has 1 aliphatic rings. The largest absolute Gasteiger partial charge is 0.352 e. The van der Waals surface area contributed by atoms with Crippen LogP contribution in [-0.2, 0) is 10.0 Å². The van der Waals surface area contributed by atoms with Gasteiger partial charge in [-0.15, -0.1) is 11.3 Å². The predicted octanol–water partition coefficient (Wildman–Crippen LogP) is 1.32. The minimum atomic E-state index is -3.71. The predicted molar refractivity (Wildman–Crippen MR) is 70.0 cm³/mol. The zero-order valence-corrected chi connectivity index (χ0v) is 11.5. The Balaban J connectivity index is 1.82. The second kappa shape index (κ2) is 5.38. The molecule has 0 unspecified atom stereocenters. The lowest BCUT2D eigenvalue weighted by Gasteiger charge is -2.02. The molecule has 0 radical (unpaired) electrons. The van der Waals surface area contributed by atoms with Gasteiger partial charge in [-0.25, -0.2) is 13.6 Å². The van der Waals surface area contributed by atoms with Crippen molar-refractivity contribution in [2.24, 2.45) is 11.1 Å². The first-order valence-corrected chi connectivity index (χ1v) is 8.29. The van der Waals surface area contributed by atoms with Crippen LogP contribution in [0.25, 0.3) is 0 Å². The quantitative estimate of drug-likeness (QED) is 0.774. The van der Waals surface area contributed by atoms with Gasteiger partial charge in [0.1, 0.15) is 4.21 Å². The molecule has 0 saturated heterocycles. The van der Waals surface area contributed by atoms with Crippen LogP contribution in [0.15, 0.2) is 15.7 Å². The first-order chi connectivity index (χ1) is 8.47. The second-order valence-corrected chi connectivity index (χ2v) is 7.24. The van der Waals surface area contributed by atoms with Crippen molar-refractivity contribution in [1.29, 1.82) is 0 Å². The summed E-state index contributed by atoms with van der Waals surface area (Å²) < 4.78 is 22.2. The Morgan fingerprint density at radius 2 is 2.22 bits per heavy atom. The number of hydrogen-bond donors (Lipinski definition) is 2. The standard InChI is InChI=1S/C11H16N2O3S2/c12-18(15,16)10-6-9(7-17-10)11(14)13-5-1-2-8-3-4-8/h6-8H,1-5H2,(H,13,14)(H2,12,15,16). The van der Waals surface area contributed by atoms with E-state index in [2.05, 4.69) is 5.32 Å². The van der Waals surface area contributed by atoms with Crippen LogP contribution >= 0.6 is 11.3 Å². The fraction of sp³-hybridized carbons (Fsp3) is 0.545. The van der Waals surface area contributed by atoms with Crippen LogP contribution in [-0.4, -0.2) is 20.9 Å². The average Bonchev–Trinajstić information content (AvgIpc) is 2.95. The van der Waals surface area contributed by atoms with Gasteiger partial charge in [0, 0.05) is 11.9 Å². The number of hydrogen-bond acceptors (Lipinski definition) is 4. The minimum Gasteiger partial charge on any atom is -0.352 e. The highest BCUT2D eigenvalue weighted by atomic mass is 32.2. The summed E-state index contributed by atoms with van der Waals surface area (Å²) in [7, 11) is -3.71. The summed E-state index contributed by atoms with van der Waals surface area (Å²) in [6.45, 7) is 0.635. The van der Waals surface area contributed by atoms with Gasteiger partial charge in [-0.1, -0.05) is 12.8 Å². The van der Waals surface area contributed by atoms with Crippen LogP contribution in [0, 0.1) is 5.92 Å². The van der Waals surface area contributed by atoms with Crippen molar-refractivity contribution < 1.29 is 13.2 Å². The summed E-state index contributed by atoms with van der Waals surface area (Å²) in [4.78, 5) is 11.7. The molecule has 3 N–H and O–H groups in total. The Morgan fingerprint density at radius 3 is 2.78 bits per heavy atom. The molecule has 1 fully saturated rings. The molecule has 7 heteroatoms. The smallest absolute Gasteiger partial charge is 0.252 e. The van der Waals surface area contributed by atoms with E-state index in [1.165, 1.54) is 24.3 Å². The molecule has 0 aliphatic heterocycles. The fourth-order valence-corrected chi connectivity index (χ4v) is 3.27. The zero-order valence-electron chi connectivity index (χ0n) is 9.89. The van der Waals surface area contributed by atoms with Crippen molar-refractivity contribution in [3.63, 3.8) is 0 Å². The van der Waals surface area contributed by atoms with E-state index in [9.17, 15) is 13.2 Å². The van der Waals surface area contributed by atoms with Gasteiger partial charge in [0.15, 0.2) is 0 Å². The van der Waals surface area contributed by atoms with Crippen molar-refractivity contribution in [1.82, 2.24) is 5.32 Å². The van der Waals surface area contributed by atoms with Crippen LogP contribution < -0.4 is 10.5 Å². The van der Waals surface area contributed by atoms with E-state index in [1.807, 2.05) is 0 Å². The van der Waals surface area contributed by atoms with Gasteiger partial charge in [-0.3, -0.25) is 4.79 Å². The number of rotatable bonds is 6.